The maximum absolute atomic E-state index is 12.7. The van der Waals surface area contributed by atoms with Gasteiger partial charge in [0, 0.05) is 47.3 Å². The molecule has 0 unspecified atom stereocenters. The van der Waals surface area contributed by atoms with Gasteiger partial charge in [-0.05, 0) is 56.0 Å². The van der Waals surface area contributed by atoms with E-state index in [1.54, 1.807) is 13.2 Å². The summed E-state index contributed by atoms with van der Waals surface area (Å²) in [6.07, 6.45) is 7.18. The highest BCUT2D eigenvalue weighted by atomic mass is 16.5. The van der Waals surface area contributed by atoms with Gasteiger partial charge in [-0.25, -0.2) is 0 Å². The van der Waals surface area contributed by atoms with Crippen LogP contribution in [0.4, 0.5) is 5.69 Å². The van der Waals surface area contributed by atoms with Crippen LogP contribution in [0.2, 0.25) is 0 Å². The number of carbonyl (C=O) groups is 1. The van der Waals surface area contributed by atoms with Crippen LogP contribution >= 0.6 is 0 Å². The third-order valence-corrected chi connectivity index (χ3v) is 6.93. The highest BCUT2D eigenvalue weighted by Crippen LogP contribution is 2.32. The van der Waals surface area contributed by atoms with Crippen molar-refractivity contribution in [2.75, 3.05) is 26.0 Å². The van der Waals surface area contributed by atoms with Crippen molar-refractivity contribution in [3.8, 4) is 11.8 Å². The van der Waals surface area contributed by atoms with Crippen LogP contribution in [0.25, 0.3) is 21.8 Å². The molecular weight excluding hydrogens is 428 g/mol. The first-order chi connectivity index (χ1) is 16.5. The van der Waals surface area contributed by atoms with E-state index in [1.807, 2.05) is 47.2 Å². The van der Waals surface area contributed by atoms with Crippen LogP contribution in [0.3, 0.4) is 0 Å². The van der Waals surface area contributed by atoms with Gasteiger partial charge in [0.2, 0.25) is 5.91 Å². The Morgan fingerprint density at radius 3 is 2.91 bits per heavy atom. The summed E-state index contributed by atoms with van der Waals surface area (Å²) < 4.78 is 7.54. The third kappa shape index (κ3) is 3.73. The molecule has 1 aliphatic carbocycles. The average Bonchev–Trinajstić information content (AvgIpc) is 3.45. The highest BCUT2D eigenvalue weighted by molar-refractivity contribution is 5.95. The fraction of sp³-hybridized carbons (Fsp3) is 0.346. The molecule has 1 fully saturated rings. The molecule has 0 radical (unpaired) electrons. The van der Waals surface area contributed by atoms with Crippen molar-refractivity contribution in [2.24, 2.45) is 0 Å². The standard InChI is InChI=1S/C26H28N6O2/c1-16-11-22(34-3)21(20-9-10-28-24(16)20)15-32-14-18-8-7-17(12-27)25(26(18)30-32)29-13-23(33)31(2)19-5-4-6-19/h7-11,14,19,28-29H,4-6,13,15H2,1-3H3. The molecule has 0 bridgehead atoms. The van der Waals surface area contributed by atoms with E-state index in [1.165, 1.54) is 6.42 Å². The zero-order valence-electron chi connectivity index (χ0n) is 19.7. The zero-order chi connectivity index (χ0) is 23.8. The molecule has 2 aromatic heterocycles. The summed E-state index contributed by atoms with van der Waals surface area (Å²) in [4.78, 5) is 17.8. The van der Waals surface area contributed by atoms with Gasteiger partial charge in [-0.1, -0.05) is 0 Å². The van der Waals surface area contributed by atoms with Gasteiger partial charge in [-0.3, -0.25) is 9.48 Å². The van der Waals surface area contributed by atoms with E-state index in [-0.39, 0.29) is 12.5 Å². The van der Waals surface area contributed by atoms with Gasteiger partial charge in [-0.2, -0.15) is 10.4 Å². The normalized spacial score (nSPS) is 13.6. The summed E-state index contributed by atoms with van der Waals surface area (Å²) in [5.74, 6) is 0.828. The summed E-state index contributed by atoms with van der Waals surface area (Å²) in [7, 11) is 3.53. The Morgan fingerprint density at radius 2 is 2.21 bits per heavy atom. The summed E-state index contributed by atoms with van der Waals surface area (Å²) in [5, 5.41) is 19.7. The Balaban J connectivity index is 1.47. The van der Waals surface area contributed by atoms with Crippen LogP contribution < -0.4 is 10.1 Å². The molecule has 2 heterocycles. The number of fused-ring (bicyclic) bond motifs is 2. The number of H-pyrrole nitrogens is 1. The maximum atomic E-state index is 12.7. The number of aromatic amines is 1. The Hall–Kier alpha value is -3.99. The van der Waals surface area contributed by atoms with Crippen molar-refractivity contribution < 1.29 is 9.53 Å². The quantitative estimate of drug-likeness (QED) is 0.435. The number of amides is 1. The fourth-order valence-electron chi connectivity index (χ4n) is 4.70. The van der Waals surface area contributed by atoms with E-state index in [0.717, 1.165) is 46.0 Å². The summed E-state index contributed by atoms with van der Waals surface area (Å²) in [6.45, 7) is 2.69. The van der Waals surface area contributed by atoms with Crippen LogP contribution in [0.5, 0.6) is 5.75 Å². The van der Waals surface area contributed by atoms with E-state index in [0.29, 0.717) is 29.4 Å². The number of rotatable bonds is 7. The molecule has 34 heavy (non-hydrogen) atoms. The number of anilines is 1. The van der Waals surface area contributed by atoms with Crippen molar-refractivity contribution in [2.45, 2.75) is 38.8 Å². The molecule has 0 atom stereocenters. The molecule has 2 N–H and O–H groups in total. The largest absolute Gasteiger partial charge is 0.496 e. The molecule has 4 aromatic rings. The Labute approximate surface area is 198 Å². The van der Waals surface area contributed by atoms with Crippen LogP contribution in [0.1, 0.15) is 36.0 Å². The van der Waals surface area contributed by atoms with Crippen LogP contribution in [0.15, 0.2) is 36.7 Å². The second-order valence-electron chi connectivity index (χ2n) is 8.95. The smallest absolute Gasteiger partial charge is 0.241 e. The van der Waals surface area contributed by atoms with E-state index in [9.17, 15) is 10.1 Å². The Morgan fingerprint density at radius 1 is 1.38 bits per heavy atom. The summed E-state index contributed by atoms with van der Waals surface area (Å²) in [5.41, 5.74) is 4.97. The lowest BCUT2D eigenvalue weighted by Crippen LogP contribution is -2.43. The molecule has 0 aliphatic heterocycles. The first kappa shape index (κ1) is 21.8. The molecular formula is C26H28N6O2. The van der Waals surface area contributed by atoms with Gasteiger partial charge >= 0.3 is 0 Å². The molecule has 1 aliphatic rings. The van der Waals surface area contributed by atoms with Crippen LogP contribution in [-0.4, -0.2) is 52.3 Å². The molecule has 1 saturated carbocycles. The fourth-order valence-corrected chi connectivity index (χ4v) is 4.70. The van der Waals surface area contributed by atoms with Crippen molar-refractivity contribution in [1.29, 1.82) is 5.26 Å². The van der Waals surface area contributed by atoms with E-state index >= 15 is 0 Å². The lowest BCUT2D eigenvalue weighted by Gasteiger charge is -2.34. The molecule has 8 heteroatoms. The minimum atomic E-state index is 0.0178. The molecule has 0 spiro atoms. The molecule has 0 saturated heterocycles. The number of nitriles is 1. The Bertz CT molecular complexity index is 1420. The number of methoxy groups -OCH3 is 1. The first-order valence-electron chi connectivity index (χ1n) is 11.5. The minimum Gasteiger partial charge on any atom is -0.496 e. The first-order valence-corrected chi connectivity index (χ1v) is 11.5. The van der Waals surface area contributed by atoms with Crippen LogP contribution in [0, 0.1) is 18.3 Å². The summed E-state index contributed by atoms with van der Waals surface area (Å²) in [6, 6.07) is 10.3. The predicted molar refractivity (Wildman–Crippen MR) is 132 cm³/mol. The monoisotopic (exact) mass is 456 g/mol. The van der Waals surface area contributed by atoms with E-state index in [4.69, 9.17) is 9.84 Å². The number of nitrogens with zero attached hydrogens (tertiary/aromatic N) is 4. The second-order valence-corrected chi connectivity index (χ2v) is 8.95. The van der Waals surface area contributed by atoms with Crippen molar-refractivity contribution in [3.05, 3.63) is 53.3 Å². The zero-order valence-corrected chi connectivity index (χ0v) is 19.7. The van der Waals surface area contributed by atoms with Crippen molar-refractivity contribution in [3.63, 3.8) is 0 Å². The molecule has 5 rings (SSSR count). The van der Waals surface area contributed by atoms with Gasteiger partial charge in [0.05, 0.1) is 31.5 Å². The van der Waals surface area contributed by atoms with Gasteiger partial charge in [0.15, 0.2) is 0 Å². The lowest BCUT2D eigenvalue weighted by molar-refractivity contribution is -0.131. The van der Waals surface area contributed by atoms with Gasteiger partial charge in [0.1, 0.15) is 17.3 Å². The highest BCUT2D eigenvalue weighted by Gasteiger charge is 2.25. The number of nitrogens with one attached hydrogen (secondary N) is 2. The molecule has 8 nitrogen and oxygen atoms in total. The van der Waals surface area contributed by atoms with Crippen molar-refractivity contribution in [1.82, 2.24) is 19.7 Å². The maximum Gasteiger partial charge on any atom is 0.241 e. The number of ether oxygens (including phenoxy) is 1. The third-order valence-electron chi connectivity index (χ3n) is 6.93. The number of hydrogen-bond donors (Lipinski definition) is 2. The number of aryl methyl sites for hydroxylation is 1. The van der Waals surface area contributed by atoms with Gasteiger partial charge in [0.25, 0.3) is 0 Å². The predicted octanol–water partition coefficient (Wildman–Crippen LogP) is 4.18. The van der Waals surface area contributed by atoms with Crippen LogP contribution in [-0.2, 0) is 11.3 Å². The van der Waals surface area contributed by atoms with E-state index in [2.05, 4.69) is 23.3 Å². The Kier molecular flexibility index (Phi) is 5.62. The topological polar surface area (TPSA) is 99.0 Å². The number of likely N-dealkylation sites (N-methyl/N-ethyl adjacent to an activating group) is 1. The number of carbonyl (C=O) groups excluding carboxylic acids is 1. The summed E-state index contributed by atoms with van der Waals surface area (Å²) >= 11 is 0. The van der Waals surface area contributed by atoms with Gasteiger partial charge < -0.3 is 19.9 Å². The number of hydrogen-bond acceptors (Lipinski definition) is 5. The molecule has 1 amide bonds. The number of benzene rings is 2. The van der Waals surface area contributed by atoms with Crippen molar-refractivity contribution >= 4 is 33.4 Å². The van der Waals surface area contributed by atoms with Gasteiger partial charge in [-0.15, -0.1) is 0 Å². The number of aromatic nitrogens is 3. The average molecular weight is 457 g/mol. The minimum absolute atomic E-state index is 0.0178. The van der Waals surface area contributed by atoms with E-state index < -0.39 is 0 Å². The lowest BCUT2D eigenvalue weighted by atomic mass is 9.92. The SMILES string of the molecule is COc1cc(C)c2[nH]ccc2c1Cn1cc2ccc(C#N)c(NCC(=O)N(C)C3CCC3)c2n1. The molecule has 2 aromatic carbocycles. The molecule has 174 valence electrons. The second kappa shape index (κ2) is 8.75.